The minimum Gasteiger partial charge on any atom is -0.384 e. The minimum absolute atomic E-state index is 0.365. The van der Waals surface area contributed by atoms with Crippen LogP contribution in [0.1, 0.15) is 47.0 Å². The van der Waals surface area contributed by atoms with Crippen LogP contribution in [0.25, 0.3) is 0 Å². The number of nitrogens with one attached hydrogen (secondary N) is 1. The van der Waals surface area contributed by atoms with Crippen molar-refractivity contribution < 1.29 is 14.3 Å². The van der Waals surface area contributed by atoms with Crippen molar-refractivity contribution in [1.82, 2.24) is 5.32 Å². The first-order valence-corrected chi connectivity index (χ1v) is 6.85. The van der Waals surface area contributed by atoms with Gasteiger partial charge >= 0.3 is 0 Å². The number of amides is 1. The Hall–Kier alpha value is -0.610. The van der Waals surface area contributed by atoms with Gasteiger partial charge in [0.25, 0.3) is 0 Å². The molecular weight excluding hydrogens is 230 g/mol. The molecule has 1 atom stereocenters. The zero-order valence-corrected chi connectivity index (χ0v) is 12.7. The van der Waals surface area contributed by atoms with Crippen molar-refractivity contribution in [2.45, 2.75) is 53.1 Å². The molecule has 1 N–H and O–H groups in total. The summed E-state index contributed by atoms with van der Waals surface area (Å²) in [7, 11) is 1.72. The summed E-state index contributed by atoms with van der Waals surface area (Å²) in [6.07, 6.45) is 4.17. The van der Waals surface area contributed by atoms with E-state index in [4.69, 9.17) is 9.47 Å². The van der Waals surface area contributed by atoms with Crippen LogP contribution in [0.4, 0.5) is 0 Å². The van der Waals surface area contributed by atoms with Gasteiger partial charge in [0.05, 0.1) is 6.10 Å². The predicted octanol–water partition coefficient (Wildman–Crippen LogP) is 2.62. The molecular formula is C14H31NO3. The molecule has 0 fully saturated rings. The van der Waals surface area contributed by atoms with E-state index in [0.29, 0.717) is 12.0 Å². The van der Waals surface area contributed by atoms with Gasteiger partial charge < -0.3 is 14.8 Å². The average Bonchev–Trinajstić information content (AvgIpc) is 2.34. The lowest BCUT2D eigenvalue weighted by molar-refractivity contribution is -0.109. The van der Waals surface area contributed by atoms with Gasteiger partial charge in [0.2, 0.25) is 6.41 Å². The van der Waals surface area contributed by atoms with Crippen LogP contribution >= 0.6 is 0 Å². The molecule has 4 nitrogen and oxygen atoms in total. The molecule has 0 spiro atoms. The van der Waals surface area contributed by atoms with Gasteiger partial charge in [-0.1, -0.05) is 20.8 Å². The van der Waals surface area contributed by atoms with E-state index in [9.17, 15) is 4.79 Å². The van der Waals surface area contributed by atoms with Crippen molar-refractivity contribution in [3.8, 4) is 0 Å². The van der Waals surface area contributed by atoms with Crippen LogP contribution in [0.3, 0.4) is 0 Å². The molecule has 0 radical (unpaired) electrons. The Labute approximate surface area is 112 Å². The number of ether oxygens (including phenoxy) is 2. The van der Waals surface area contributed by atoms with Gasteiger partial charge in [-0.25, -0.2) is 0 Å². The molecule has 4 heteroatoms. The maximum Gasteiger partial charge on any atom is 0.207 e. The summed E-state index contributed by atoms with van der Waals surface area (Å²) in [6.45, 7) is 10.9. The number of methoxy groups -OCH3 is 1. The highest BCUT2D eigenvalue weighted by Crippen LogP contribution is 1.97. The number of carbonyl (C=O) groups is 1. The van der Waals surface area contributed by atoms with Crippen molar-refractivity contribution in [3.63, 3.8) is 0 Å². The second-order valence-electron chi connectivity index (χ2n) is 4.72. The highest BCUT2D eigenvalue weighted by molar-refractivity contribution is 5.45. The summed E-state index contributed by atoms with van der Waals surface area (Å²) in [5.41, 5.74) is 0. The van der Waals surface area contributed by atoms with Gasteiger partial charge in [-0.15, -0.1) is 0 Å². The standard InChI is InChI=1S/C9H19NO2.C5H12O/c1-3-9(2)12-7-5-4-6-10-8-11;1-5(2)4-6-3/h8-9H,3-7H2,1-2H3,(H,10,11);5H,4H2,1-3H3. The van der Waals surface area contributed by atoms with Gasteiger partial charge in [0.15, 0.2) is 0 Å². The fraction of sp³-hybridized carbons (Fsp3) is 0.929. The Kier molecular flexibility index (Phi) is 18.0. The summed E-state index contributed by atoms with van der Waals surface area (Å²) in [6, 6.07) is 0. The first-order valence-electron chi connectivity index (χ1n) is 6.85. The quantitative estimate of drug-likeness (QED) is 0.486. The third-order valence-electron chi connectivity index (χ3n) is 2.28. The van der Waals surface area contributed by atoms with Gasteiger partial charge in [0.1, 0.15) is 0 Å². The average molecular weight is 261 g/mol. The molecule has 0 aromatic heterocycles. The minimum atomic E-state index is 0.365. The van der Waals surface area contributed by atoms with Crippen molar-refractivity contribution in [2.75, 3.05) is 26.9 Å². The number of hydrogen-bond donors (Lipinski definition) is 1. The van der Waals surface area contributed by atoms with Crippen LogP contribution in [0.2, 0.25) is 0 Å². The van der Waals surface area contributed by atoms with Crippen molar-refractivity contribution in [2.24, 2.45) is 5.92 Å². The topological polar surface area (TPSA) is 47.6 Å². The number of hydrogen-bond acceptors (Lipinski definition) is 3. The molecule has 0 aromatic carbocycles. The summed E-state index contributed by atoms with van der Waals surface area (Å²) < 4.78 is 10.3. The van der Waals surface area contributed by atoms with E-state index in [2.05, 4.69) is 33.0 Å². The van der Waals surface area contributed by atoms with Gasteiger partial charge in [-0.2, -0.15) is 0 Å². The Balaban J connectivity index is 0. The second-order valence-corrected chi connectivity index (χ2v) is 4.72. The normalized spacial score (nSPS) is 11.7. The van der Waals surface area contributed by atoms with E-state index in [1.807, 2.05) is 0 Å². The molecule has 110 valence electrons. The highest BCUT2D eigenvalue weighted by Gasteiger charge is 1.96. The molecule has 18 heavy (non-hydrogen) atoms. The third kappa shape index (κ3) is 20.8. The number of carbonyl (C=O) groups excluding carboxylic acids is 1. The molecule has 0 heterocycles. The SMILES string of the molecule is CCC(C)OCCCCNC=O.COCC(C)C. The monoisotopic (exact) mass is 261 g/mol. The molecule has 1 amide bonds. The van der Waals surface area contributed by atoms with Crippen LogP contribution < -0.4 is 5.32 Å². The highest BCUT2D eigenvalue weighted by atomic mass is 16.5. The van der Waals surface area contributed by atoms with Crippen molar-refractivity contribution >= 4 is 6.41 Å². The van der Waals surface area contributed by atoms with E-state index in [0.717, 1.165) is 45.4 Å². The van der Waals surface area contributed by atoms with Crippen LogP contribution in [-0.2, 0) is 14.3 Å². The van der Waals surface area contributed by atoms with Crippen LogP contribution in [-0.4, -0.2) is 39.4 Å². The Morgan fingerprint density at radius 1 is 1.22 bits per heavy atom. The maximum absolute atomic E-state index is 9.85. The fourth-order valence-electron chi connectivity index (χ4n) is 1.12. The van der Waals surface area contributed by atoms with Crippen molar-refractivity contribution in [3.05, 3.63) is 0 Å². The van der Waals surface area contributed by atoms with Gasteiger partial charge in [0, 0.05) is 26.9 Å². The van der Waals surface area contributed by atoms with Gasteiger partial charge in [-0.05, 0) is 32.1 Å². The lowest BCUT2D eigenvalue weighted by atomic mass is 10.2. The zero-order valence-electron chi connectivity index (χ0n) is 12.7. The zero-order chi connectivity index (χ0) is 14.2. The lowest BCUT2D eigenvalue weighted by Gasteiger charge is -2.09. The van der Waals surface area contributed by atoms with Crippen LogP contribution in [0.5, 0.6) is 0 Å². The number of unbranched alkanes of at least 4 members (excludes halogenated alkanes) is 1. The summed E-state index contributed by atoms with van der Waals surface area (Å²) in [4.78, 5) is 9.85. The number of rotatable bonds is 10. The van der Waals surface area contributed by atoms with Crippen molar-refractivity contribution in [1.29, 1.82) is 0 Å². The van der Waals surface area contributed by atoms with E-state index in [1.165, 1.54) is 0 Å². The lowest BCUT2D eigenvalue weighted by Crippen LogP contribution is -2.13. The molecule has 1 unspecified atom stereocenters. The molecule has 0 aliphatic carbocycles. The van der Waals surface area contributed by atoms with E-state index in [-0.39, 0.29) is 0 Å². The molecule has 0 aliphatic rings. The molecule has 0 aliphatic heterocycles. The van der Waals surface area contributed by atoms with Gasteiger partial charge in [-0.3, -0.25) is 4.79 Å². The smallest absolute Gasteiger partial charge is 0.207 e. The van der Waals surface area contributed by atoms with E-state index >= 15 is 0 Å². The molecule has 0 rings (SSSR count). The Bertz CT molecular complexity index is 163. The predicted molar refractivity (Wildman–Crippen MR) is 75.7 cm³/mol. The largest absolute Gasteiger partial charge is 0.384 e. The first-order chi connectivity index (χ1) is 8.58. The molecule has 0 saturated carbocycles. The first kappa shape index (κ1) is 19.7. The summed E-state index contributed by atoms with van der Waals surface area (Å²) in [5, 5.41) is 2.61. The molecule has 0 aromatic rings. The molecule has 0 saturated heterocycles. The maximum atomic E-state index is 9.85. The summed E-state index contributed by atoms with van der Waals surface area (Å²) in [5.74, 6) is 0.676. The molecule has 0 bridgehead atoms. The second kappa shape index (κ2) is 16.4. The Morgan fingerprint density at radius 2 is 1.89 bits per heavy atom. The van der Waals surface area contributed by atoms with Crippen LogP contribution in [0, 0.1) is 5.92 Å². The van der Waals surface area contributed by atoms with E-state index in [1.54, 1.807) is 7.11 Å². The Morgan fingerprint density at radius 3 is 2.28 bits per heavy atom. The summed E-state index contributed by atoms with van der Waals surface area (Å²) >= 11 is 0. The third-order valence-corrected chi connectivity index (χ3v) is 2.28. The fourth-order valence-corrected chi connectivity index (χ4v) is 1.12. The van der Waals surface area contributed by atoms with E-state index < -0.39 is 0 Å². The van der Waals surface area contributed by atoms with Crippen LogP contribution in [0.15, 0.2) is 0 Å².